The lowest BCUT2D eigenvalue weighted by atomic mass is 10.0. The zero-order chi connectivity index (χ0) is 33.7. The average molecular weight is 710 g/mol. The van der Waals surface area contributed by atoms with Gasteiger partial charge in [-0.05, 0) is 68.9 Å². The van der Waals surface area contributed by atoms with Crippen LogP contribution in [0.3, 0.4) is 0 Å². The van der Waals surface area contributed by atoms with Crippen LogP contribution in [0.2, 0.25) is 0 Å². The number of carboxylic acids is 1. The number of tetrazole rings is 1. The molecule has 5 N–H and O–H groups in total. The molecule has 18 nitrogen and oxygen atoms in total. The van der Waals surface area contributed by atoms with E-state index in [0.29, 0.717) is 36.0 Å². The SMILES string of the molecule is CC(C)(C)OC(=O)NCCCn1nnnc1SCC1=C(C(=O)O)N2C(=O)C(NC(=O)C(=NOC3CCCC3)c3nsc(N)n3)[C@H]2SC1. The van der Waals surface area contributed by atoms with Gasteiger partial charge in [0.15, 0.2) is 5.13 Å². The molecule has 1 unspecified atom stereocenters. The first-order valence-corrected chi connectivity index (χ1v) is 17.6. The summed E-state index contributed by atoms with van der Waals surface area (Å²) in [6.45, 7) is 6.08. The van der Waals surface area contributed by atoms with E-state index in [1.165, 1.54) is 28.4 Å². The summed E-state index contributed by atoms with van der Waals surface area (Å²) in [6.07, 6.45) is 3.51. The Balaban J connectivity index is 1.19. The lowest BCUT2D eigenvalue weighted by molar-refractivity contribution is -0.150. The fourth-order valence-electron chi connectivity index (χ4n) is 4.97. The molecule has 0 bridgehead atoms. The van der Waals surface area contributed by atoms with E-state index >= 15 is 0 Å². The largest absolute Gasteiger partial charge is 0.477 e. The predicted molar refractivity (Wildman–Crippen MR) is 171 cm³/mol. The van der Waals surface area contributed by atoms with Crippen molar-refractivity contribution in [3.8, 4) is 0 Å². The Morgan fingerprint density at radius 2 is 2.00 bits per heavy atom. The summed E-state index contributed by atoms with van der Waals surface area (Å²) in [7, 11) is 0. The Morgan fingerprint density at radius 1 is 1.23 bits per heavy atom. The Hall–Kier alpha value is -3.98. The molecule has 21 heteroatoms. The number of ether oxygens (including phenoxy) is 1. The van der Waals surface area contributed by atoms with Gasteiger partial charge in [0, 0.05) is 36.1 Å². The van der Waals surface area contributed by atoms with Crippen molar-refractivity contribution in [1.82, 2.24) is 45.1 Å². The summed E-state index contributed by atoms with van der Waals surface area (Å²) in [5.74, 6) is -2.06. The first-order chi connectivity index (χ1) is 22.4. The minimum absolute atomic E-state index is 0.0185. The average Bonchev–Trinajstić information content (AvgIpc) is 3.79. The number of β-lactam (4-membered cyclic amide) rings is 1. The number of nitrogens with two attached hydrogens (primary N) is 1. The fourth-order valence-corrected chi connectivity index (χ4v) is 7.79. The molecule has 0 radical (unpaired) electrons. The van der Waals surface area contributed by atoms with Crippen molar-refractivity contribution in [2.75, 3.05) is 23.8 Å². The smallest absolute Gasteiger partial charge is 0.407 e. The van der Waals surface area contributed by atoms with Crippen LogP contribution in [0.15, 0.2) is 21.6 Å². The Bertz CT molecular complexity index is 1560. The second kappa shape index (κ2) is 14.8. The van der Waals surface area contributed by atoms with Crippen molar-refractivity contribution < 1.29 is 33.9 Å². The topological polar surface area (TPSA) is 242 Å². The van der Waals surface area contributed by atoms with Gasteiger partial charge in [-0.15, -0.1) is 16.9 Å². The molecule has 2 aliphatic heterocycles. The van der Waals surface area contributed by atoms with Gasteiger partial charge in [0.2, 0.25) is 16.7 Å². The maximum atomic E-state index is 13.3. The van der Waals surface area contributed by atoms with E-state index in [9.17, 15) is 24.3 Å². The van der Waals surface area contributed by atoms with Crippen LogP contribution in [-0.4, -0.2) is 110 Å². The van der Waals surface area contributed by atoms with Gasteiger partial charge in [-0.1, -0.05) is 16.9 Å². The molecule has 2 atom stereocenters. The molecule has 1 saturated heterocycles. The number of oxime groups is 1. The number of fused-ring (bicyclic) bond motifs is 1. The highest BCUT2D eigenvalue weighted by atomic mass is 32.2. The van der Waals surface area contributed by atoms with Crippen molar-refractivity contribution in [3.05, 3.63) is 17.1 Å². The number of nitrogen functional groups attached to an aromatic ring is 1. The molecule has 5 rings (SSSR count). The second-order valence-corrected chi connectivity index (χ2v) is 14.6. The number of aliphatic carboxylic acids is 1. The van der Waals surface area contributed by atoms with Gasteiger partial charge in [-0.2, -0.15) is 9.36 Å². The molecule has 0 spiro atoms. The van der Waals surface area contributed by atoms with E-state index in [0.717, 1.165) is 37.2 Å². The zero-order valence-electron chi connectivity index (χ0n) is 25.9. The van der Waals surface area contributed by atoms with Crippen LogP contribution in [0, 0.1) is 0 Å². The zero-order valence-corrected chi connectivity index (χ0v) is 28.3. The number of aromatic nitrogens is 6. The van der Waals surface area contributed by atoms with Gasteiger partial charge in [0.25, 0.3) is 11.8 Å². The first-order valence-electron chi connectivity index (χ1n) is 14.8. The number of nitrogens with zero attached hydrogens (tertiary/aromatic N) is 8. The standard InChI is InChI=1S/C26H35N11O7S3/c1-26(2,3)43-25(42)28-9-6-10-36-24(31-34-35-36)46-12-13-11-45-21-16(20(39)37(21)17(13)22(40)41)29-19(38)15(18-30-23(27)47-33-18)32-44-14-7-4-5-8-14/h14,16,21H,4-12H2,1-3H3,(H,28,42)(H,29,38)(H,40,41)(H2,27,30,33)/t16?,21-/m1/s1. The predicted octanol–water partition coefficient (Wildman–Crippen LogP) is 1.22. The highest BCUT2D eigenvalue weighted by Gasteiger charge is 2.54. The molecular weight excluding hydrogens is 675 g/mol. The van der Waals surface area contributed by atoms with Crippen LogP contribution < -0.4 is 16.4 Å². The summed E-state index contributed by atoms with van der Waals surface area (Å²) in [6, 6.07) is -0.995. The molecule has 47 heavy (non-hydrogen) atoms. The summed E-state index contributed by atoms with van der Waals surface area (Å²) in [4.78, 5) is 61.6. The number of amides is 3. The quantitative estimate of drug-likeness (QED) is 0.0751. The van der Waals surface area contributed by atoms with Crippen molar-refractivity contribution in [1.29, 1.82) is 0 Å². The number of hydrogen-bond acceptors (Lipinski definition) is 16. The summed E-state index contributed by atoms with van der Waals surface area (Å²) in [5.41, 5.74) is 5.29. The Kier molecular flexibility index (Phi) is 10.8. The molecule has 0 aromatic carbocycles. The number of anilines is 1. The van der Waals surface area contributed by atoms with Crippen LogP contribution in [0.25, 0.3) is 0 Å². The van der Waals surface area contributed by atoms with Crippen molar-refractivity contribution in [2.45, 2.75) is 87.7 Å². The maximum absolute atomic E-state index is 13.3. The molecular formula is C26H35N11O7S3. The number of carbonyl (C=O) groups is 4. The molecule has 3 amide bonds. The van der Waals surface area contributed by atoms with Gasteiger partial charge in [-0.3, -0.25) is 14.5 Å². The Labute approximate surface area is 281 Å². The van der Waals surface area contributed by atoms with Gasteiger partial charge >= 0.3 is 12.1 Å². The van der Waals surface area contributed by atoms with E-state index in [-0.39, 0.29) is 34.2 Å². The Morgan fingerprint density at radius 3 is 2.68 bits per heavy atom. The molecule has 254 valence electrons. The number of rotatable bonds is 13. The number of carboxylic acid groups (broad SMARTS) is 1. The minimum atomic E-state index is -1.26. The lowest BCUT2D eigenvalue weighted by Gasteiger charge is -2.49. The van der Waals surface area contributed by atoms with Crippen molar-refractivity contribution >= 4 is 69.8 Å². The summed E-state index contributed by atoms with van der Waals surface area (Å²) < 4.78 is 10.9. The number of thioether (sulfide) groups is 2. The molecule has 2 aromatic heterocycles. The molecule has 1 aliphatic carbocycles. The number of alkyl carbamates (subject to hydrolysis) is 1. The van der Waals surface area contributed by atoms with Gasteiger partial charge < -0.3 is 31.0 Å². The number of aryl methyl sites for hydroxylation is 1. The van der Waals surface area contributed by atoms with E-state index in [1.807, 2.05) is 0 Å². The number of carbonyl (C=O) groups excluding carboxylic acids is 3. The minimum Gasteiger partial charge on any atom is -0.477 e. The van der Waals surface area contributed by atoms with E-state index in [1.54, 1.807) is 25.5 Å². The van der Waals surface area contributed by atoms with Crippen LogP contribution in [0.4, 0.5) is 9.93 Å². The van der Waals surface area contributed by atoms with Crippen molar-refractivity contribution in [2.24, 2.45) is 5.16 Å². The number of nitrogens with one attached hydrogen (secondary N) is 2. The lowest BCUT2D eigenvalue weighted by Crippen LogP contribution is -2.71. The fraction of sp³-hybridized carbons (Fsp3) is 0.615. The van der Waals surface area contributed by atoms with Crippen molar-refractivity contribution in [3.63, 3.8) is 0 Å². The molecule has 2 fully saturated rings. The summed E-state index contributed by atoms with van der Waals surface area (Å²) in [5, 5.41) is 31.2. The molecule has 4 heterocycles. The van der Waals surface area contributed by atoms with E-state index in [4.69, 9.17) is 15.3 Å². The van der Waals surface area contributed by atoms with Crippen LogP contribution in [-0.2, 0) is 30.5 Å². The van der Waals surface area contributed by atoms with Gasteiger partial charge in [0.1, 0.15) is 28.8 Å². The second-order valence-electron chi connectivity index (χ2n) is 11.8. The third-order valence-corrected chi connectivity index (χ3v) is 10.0. The maximum Gasteiger partial charge on any atom is 0.407 e. The van der Waals surface area contributed by atoms with Crippen LogP contribution >= 0.6 is 35.1 Å². The highest BCUT2D eigenvalue weighted by molar-refractivity contribution is 8.01. The van der Waals surface area contributed by atoms with Crippen LogP contribution in [0.5, 0.6) is 0 Å². The molecule has 1 saturated carbocycles. The molecule has 3 aliphatic rings. The van der Waals surface area contributed by atoms with E-state index < -0.39 is 40.9 Å². The monoisotopic (exact) mass is 709 g/mol. The van der Waals surface area contributed by atoms with Gasteiger partial charge in [0.05, 0.1) is 0 Å². The third-order valence-electron chi connectivity index (χ3n) is 7.09. The third kappa shape index (κ3) is 8.49. The number of hydrogen-bond donors (Lipinski definition) is 4. The normalized spacial score (nSPS) is 20.1. The molecule has 2 aromatic rings. The first kappa shape index (κ1) is 34.4. The highest BCUT2D eigenvalue weighted by Crippen LogP contribution is 2.41. The van der Waals surface area contributed by atoms with Gasteiger partial charge in [-0.25, -0.2) is 14.3 Å². The van der Waals surface area contributed by atoms with E-state index in [2.05, 4.69) is 40.7 Å². The summed E-state index contributed by atoms with van der Waals surface area (Å²) >= 11 is 3.46. The van der Waals surface area contributed by atoms with Crippen LogP contribution in [0.1, 0.15) is 58.7 Å².